The van der Waals surface area contributed by atoms with Crippen molar-refractivity contribution < 1.29 is 22.8 Å². The van der Waals surface area contributed by atoms with Gasteiger partial charge >= 0.3 is 6.18 Å². The number of carbonyl (C=O) groups is 2. The zero-order chi connectivity index (χ0) is 32.6. The summed E-state index contributed by atoms with van der Waals surface area (Å²) in [4.78, 5) is 31.5. The number of alkyl halides is 3. The van der Waals surface area contributed by atoms with E-state index in [1.807, 2.05) is 36.7 Å². The molecule has 1 spiro atoms. The molecule has 2 aromatic carbocycles. The van der Waals surface area contributed by atoms with Crippen molar-refractivity contribution in [2.24, 2.45) is 18.4 Å². The van der Waals surface area contributed by atoms with Crippen LogP contribution in [0.1, 0.15) is 84.5 Å². The fourth-order valence-corrected chi connectivity index (χ4v) is 8.35. The van der Waals surface area contributed by atoms with Gasteiger partial charge in [-0.2, -0.15) is 13.2 Å². The summed E-state index contributed by atoms with van der Waals surface area (Å²) in [6, 6.07) is 10.2. The Morgan fingerprint density at radius 2 is 1.89 bits per heavy atom. The molecule has 3 aliphatic heterocycles. The molecule has 3 aromatic rings. The molecule has 11 heteroatoms. The minimum atomic E-state index is -4.61. The van der Waals surface area contributed by atoms with E-state index in [2.05, 4.69) is 33.9 Å². The zero-order valence-electron chi connectivity index (χ0n) is 26.5. The number of rotatable bonds is 5. The zero-order valence-corrected chi connectivity index (χ0v) is 26.5. The van der Waals surface area contributed by atoms with Gasteiger partial charge in [0.2, 0.25) is 0 Å². The van der Waals surface area contributed by atoms with E-state index in [0.717, 1.165) is 30.7 Å². The van der Waals surface area contributed by atoms with Crippen LogP contribution in [0.3, 0.4) is 0 Å². The Hall–Kier alpha value is -4.17. The maximum Gasteiger partial charge on any atom is 0.416 e. The van der Waals surface area contributed by atoms with Crippen LogP contribution in [0.4, 0.5) is 18.9 Å². The Kier molecular flexibility index (Phi) is 7.09. The average molecular weight is 631 g/mol. The van der Waals surface area contributed by atoms with Gasteiger partial charge in [-0.15, -0.1) is 10.2 Å². The first kappa shape index (κ1) is 30.5. The molecule has 4 heterocycles. The van der Waals surface area contributed by atoms with Gasteiger partial charge in [-0.1, -0.05) is 25.0 Å². The van der Waals surface area contributed by atoms with Crippen LogP contribution in [-0.4, -0.2) is 62.6 Å². The van der Waals surface area contributed by atoms with Gasteiger partial charge in [-0.05, 0) is 85.9 Å². The molecule has 2 amide bonds. The highest BCUT2D eigenvalue weighted by molar-refractivity contribution is 6.10. The summed E-state index contributed by atoms with van der Waals surface area (Å²) >= 11 is 0. The molecule has 0 N–H and O–H groups in total. The first-order chi connectivity index (χ1) is 21.8. The van der Waals surface area contributed by atoms with E-state index in [1.165, 1.54) is 11.0 Å². The predicted octanol–water partition coefficient (Wildman–Crippen LogP) is 5.33. The molecular formula is C35H37F3N6O2. The summed E-state index contributed by atoms with van der Waals surface area (Å²) in [6.07, 6.45) is -0.355. The lowest BCUT2D eigenvalue weighted by atomic mass is 9.58. The molecule has 8 nitrogen and oxygen atoms in total. The van der Waals surface area contributed by atoms with Crippen molar-refractivity contribution in [2.75, 3.05) is 31.1 Å². The Labute approximate surface area is 266 Å². The molecule has 0 radical (unpaired) electrons. The predicted molar refractivity (Wildman–Crippen MR) is 166 cm³/mol. The molecule has 240 valence electrons. The molecule has 7 rings (SSSR count). The highest BCUT2D eigenvalue weighted by atomic mass is 19.4. The number of benzene rings is 2. The van der Waals surface area contributed by atoms with Crippen molar-refractivity contribution in [3.05, 3.63) is 76.4 Å². The number of hydrogen-bond acceptors (Lipinski definition) is 5. The first-order valence-electron chi connectivity index (χ1n) is 15.8. The van der Waals surface area contributed by atoms with Crippen LogP contribution < -0.4 is 4.90 Å². The van der Waals surface area contributed by atoms with Gasteiger partial charge in [0.05, 0.1) is 17.5 Å². The van der Waals surface area contributed by atoms with Crippen molar-refractivity contribution in [3.8, 4) is 11.8 Å². The van der Waals surface area contributed by atoms with Crippen molar-refractivity contribution in [3.63, 3.8) is 0 Å². The largest absolute Gasteiger partial charge is 0.416 e. The van der Waals surface area contributed by atoms with Crippen molar-refractivity contribution in [1.82, 2.24) is 24.6 Å². The van der Waals surface area contributed by atoms with Crippen LogP contribution in [-0.2, 0) is 30.0 Å². The normalized spacial score (nSPS) is 24.3. The lowest BCUT2D eigenvalue weighted by Gasteiger charge is -2.51. The number of aromatic nitrogens is 3. The molecule has 0 bridgehead atoms. The topological polar surface area (TPSA) is 74.6 Å². The Morgan fingerprint density at radius 3 is 2.54 bits per heavy atom. The SMILES string of the molecule is CC#CC(=O)N1CCC2(C1)CN([C@H](C)c1cc3c(c(C(F)(F)F)c1)CN(c1cccc(C4(c5nncn5C)CC(C)C4)c1)C3=O)C2. The van der Waals surface area contributed by atoms with Crippen LogP contribution in [0.5, 0.6) is 0 Å². The van der Waals surface area contributed by atoms with E-state index in [9.17, 15) is 22.8 Å². The summed E-state index contributed by atoms with van der Waals surface area (Å²) in [5, 5.41) is 8.50. The number of halogens is 3. The standard InChI is InChI=1S/C35H37F3N6O2/c1-5-7-30(45)42-11-10-33(18-42)19-43(20-33)23(3)24-12-27-28(29(13-24)35(36,37)38)17-44(31(27)46)26-9-6-8-25(14-26)34(15-22(2)16-34)32-40-39-21-41(32)4/h6,8-9,12-14,21-23H,10-11,15-20H2,1-4H3/t22?,23-,34?/m1/s1. The molecule has 3 fully saturated rings. The fraction of sp³-hybridized carbons (Fsp3) is 0.486. The molecule has 1 atom stereocenters. The molecular weight excluding hydrogens is 593 g/mol. The first-order valence-corrected chi connectivity index (χ1v) is 15.8. The minimum Gasteiger partial charge on any atom is -0.331 e. The minimum absolute atomic E-state index is 0.0150. The third kappa shape index (κ3) is 4.80. The molecule has 4 aliphatic rings. The van der Waals surface area contributed by atoms with E-state index in [-0.39, 0.29) is 40.5 Å². The number of nitrogens with zero attached hydrogens (tertiary/aromatic N) is 6. The number of likely N-dealkylation sites (tertiary alicyclic amines) is 2. The molecule has 1 aliphatic carbocycles. The van der Waals surface area contributed by atoms with Crippen LogP contribution in [0.2, 0.25) is 0 Å². The van der Waals surface area contributed by atoms with E-state index >= 15 is 0 Å². The van der Waals surface area contributed by atoms with Gasteiger partial charge in [0.1, 0.15) is 12.2 Å². The second-order valence-corrected chi connectivity index (χ2v) is 13.8. The molecule has 0 unspecified atom stereocenters. The van der Waals surface area contributed by atoms with Gasteiger partial charge in [0, 0.05) is 55.9 Å². The number of fused-ring (bicyclic) bond motifs is 1. The van der Waals surface area contributed by atoms with Crippen molar-refractivity contribution in [1.29, 1.82) is 0 Å². The third-order valence-electron chi connectivity index (χ3n) is 10.7. The quantitative estimate of drug-likeness (QED) is 0.357. The fourth-order valence-electron chi connectivity index (χ4n) is 8.35. The summed E-state index contributed by atoms with van der Waals surface area (Å²) in [5.74, 6) is 5.97. The summed E-state index contributed by atoms with van der Waals surface area (Å²) < 4.78 is 45.6. The number of carbonyl (C=O) groups excluding carboxylic acids is 2. The molecule has 2 saturated heterocycles. The lowest BCUT2D eigenvalue weighted by molar-refractivity contribution is -0.138. The molecule has 1 saturated carbocycles. The van der Waals surface area contributed by atoms with E-state index in [0.29, 0.717) is 43.3 Å². The second-order valence-electron chi connectivity index (χ2n) is 13.8. The Bertz CT molecular complexity index is 1790. The smallest absolute Gasteiger partial charge is 0.331 e. The summed E-state index contributed by atoms with van der Waals surface area (Å²) in [5.41, 5.74) is 0.952. The highest BCUT2D eigenvalue weighted by Gasteiger charge is 2.51. The number of hydrogen-bond donors (Lipinski definition) is 0. The van der Waals surface area contributed by atoms with E-state index in [4.69, 9.17) is 0 Å². The summed E-state index contributed by atoms with van der Waals surface area (Å²) in [6.45, 7) is 8.15. The van der Waals surface area contributed by atoms with Crippen LogP contribution in [0, 0.1) is 23.2 Å². The van der Waals surface area contributed by atoms with Gasteiger partial charge in [0.15, 0.2) is 0 Å². The average Bonchev–Trinajstić information content (AvgIpc) is 3.71. The maximum absolute atomic E-state index is 14.6. The van der Waals surface area contributed by atoms with Crippen LogP contribution in [0.25, 0.3) is 0 Å². The van der Waals surface area contributed by atoms with E-state index in [1.54, 1.807) is 30.3 Å². The maximum atomic E-state index is 14.6. The molecule has 1 aromatic heterocycles. The molecule has 46 heavy (non-hydrogen) atoms. The number of amides is 2. The monoisotopic (exact) mass is 630 g/mol. The van der Waals surface area contributed by atoms with Crippen LogP contribution >= 0.6 is 0 Å². The van der Waals surface area contributed by atoms with E-state index < -0.39 is 17.6 Å². The second kappa shape index (κ2) is 10.7. The van der Waals surface area contributed by atoms with Gasteiger partial charge < -0.3 is 14.4 Å². The van der Waals surface area contributed by atoms with Crippen molar-refractivity contribution >= 4 is 17.5 Å². The Balaban J connectivity index is 1.16. The van der Waals surface area contributed by atoms with Gasteiger partial charge in [-0.3, -0.25) is 14.5 Å². The summed E-state index contributed by atoms with van der Waals surface area (Å²) in [7, 11) is 1.91. The Morgan fingerprint density at radius 1 is 1.13 bits per heavy atom. The lowest BCUT2D eigenvalue weighted by Crippen LogP contribution is -2.58. The van der Waals surface area contributed by atoms with Crippen LogP contribution in [0.15, 0.2) is 42.7 Å². The van der Waals surface area contributed by atoms with Crippen molar-refractivity contribution in [2.45, 2.75) is 64.2 Å². The van der Waals surface area contributed by atoms with Gasteiger partial charge in [0.25, 0.3) is 11.8 Å². The highest BCUT2D eigenvalue weighted by Crippen LogP contribution is 2.52. The number of aryl methyl sites for hydroxylation is 1. The van der Waals surface area contributed by atoms with Gasteiger partial charge in [-0.25, -0.2) is 0 Å². The number of anilines is 1. The third-order valence-corrected chi connectivity index (χ3v) is 10.7.